The Morgan fingerprint density at radius 3 is 3.00 bits per heavy atom. The number of hydrogen-bond acceptors (Lipinski definition) is 9. The first kappa shape index (κ1) is 23.3. The van der Waals surface area contributed by atoms with Gasteiger partial charge in [-0.1, -0.05) is 19.9 Å². The summed E-state index contributed by atoms with van der Waals surface area (Å²) in [6.07, 6.45) is 7.12. The summed E-state index contributed by atoms with van der Waals surface area (Å²) in [5.74, 6) is 1.43. The molecule has 4 aromatic rings. The summed E-state index contributed by atoms with van der Waals surface area (Å²) in [5.41, 5.74) is 1.23. The topological polar surface area (TPSA) is 90.4 Å². The zero-order chi connectivity index (χ0) is 23.7. The number of aromatic nitrogens is 5. The van der Waals surface area contributed by atoms with E-state index in [0.717, 1.165) is 37.3 Å². The molecule has 5 rings (SSSR count). The van der Waals surface area contributed by atoms with Crippen LogP contribution in [-0.4, -0.2) is 50.9 Å². The Morgan fingerprint density at radius 2 is 2.29 bits per heavy atom. The SMILES string of the molecule is CSc1ccc(-c2cn3nc(OCC[C@]4(c5cnno5)CCNCC4C(C)C)sc3n2)cc1F. The Labute approximate surface area is 205 Å². The van der Waals surface area contributed by atoms with Gasteiger partial charge in [-0.05, 0) is 67.5 Å². The molecule has 0 radical (unpaired) electrons. The number of fused-ring (bicyclic) bond motifs is 1. The molecule has 0 saturated carbocycles. The molecular formula is C23H27FN6O2S2. The molecule has 1 fully saturated rings. The van der Waals surface area contributed by atoms with Crippen molar-refractivity contribution in [1.29, 1.82) is 0 Å². The minimum atomic E-state index is -0.244. The minimum Gasteiger partial charge on any atom is -0.469 e. The minimum absolute atomic E-state index is 0.180. The standard InChI is InChI=1S/C23H27FN6O2S2/c1-14(2)16-11-25-8-6-23(16,20-12-26-29-32-20)7-9-31-22-28-30-13-18(27-21(30)34-22)15-4-5-19(33-3)17(24)10-15/h4-5,10,12-14,16,25H,6-9,11H2,1-3H3/t16?,23-/m1/s1. The molecule has 1 unspecified atom stereocenters. The van der Waals surface area contributed by atoms with E-state index in [4.69, 9.17) is 9.26 Å². The van der Waals surface area contributed by atoms with Crippen LogP contribution in [0.15, 0.2) is 40.0 Å². The number of thioether (sulfide) groups is 1. The van der Waals surface area contributed by atoms with E-state index in [1.807, 2.05) is 12.3 Å². The van der Waals surface area contributed by atoms with Gasteiger partial charge in [0.05, 0.1) is 24.7 Å². The molecule has 4 heterocycles. The van der Waals surface area contributed by atoms with Crippen molar-refractivity contribution in [3.8, 4) is 16.5 Å². The summed E-state index contributed by atoms with van der Waals surface area (Å²) in [5, 5.41) is 16.3. The van der Waals surface area contributed by atoms with Crippen LogP contribution in [0.4, 0.5) is 4.39 Å². The molecule has 2 atom stereocenters. The zero-order valence-electron chi connectivity index (χ0n) is 19.3. The average Bonchev–Trinajstić information content (AvgIpc) is 3.56. The smallest absolute Gasteiger partial charge is 0.294 e. The molecule has 1 aromatic carbocycles. The van der Waals surface area contributed by atoms with Crippen molar-refractivity contribution in [3.63, 3.8) is 0 Å². The van der Waals surface area contributed by atoms with Crippen LogP contribution in [0.1, 0.15) is 32.4 Å². The molecule has 0 bridgehead atoms. The van der Waals surface area contributed by atoms with Crippen molar-refractivity contribution < 1.29 is 13.7 Å². The van der Waals surface area contributed by atoms with Crippen molar-refractivity contribution in [3.05, 3.63) is 42.2 Å². The van der Waals surface area contributed by atoms with Crippen molar-refractivity contribution in [2.24, 2.45) is 11.8 Å². The molecule has 1 saturated heterocycles. The lowest BCUT2D eigenvalue weighted by Crippen LogP contribution is -2.50. The Kier molecular flexibility index (Phi) is 6.59. The van der Waals surface area contributed by atoms with E-state index < -0.39 is 0 Å². The van der Waals surface area contributed by atoms with Crippen LogP contribution in [-0.2, 0) is 5.41 Å². The molecular weight excluding hydrogens is 475 g/mol. The van der Waals surface area contributed by atoms with Crippen LogP contribution in [0, 0.1) is 17.7 Å². The molecule has 1 aliphatic rings. The Hall–Kier alpha value is -2.50. The zero-order valence-corrected chi connectivity index (χ0v) is 21.0. The summed E-state index contributed by atoms with van der Waals surface area (Å²) in [6.45, 7) is 6.81. The summed E-state index contributed by atoms with van der Waals surface area (Å²) >= 11 is 2.76. The van der Waals surface area contributed by atoms with Gasteiger partial charge in [0.1, 0.15) is 5.82 Å². The monoisotopic (exact) mass is 502 g/mol. The van der Waals surface area contributed by atoms with Crippen LogP contribution in [0.5, 0.6) is 5.19 Å². The third-order valence-electron chi connectivity index (χ3n) is 6.72. The first-order valence-electron chi connectivity index (χ1n) is 11.3. The van der Waals surface area contributed by atoms with Crippen LogP contribution in [0.25, 0.3) is 16.2 Å². The van der Waals surface area contributed by atoms with E-state index in [9.17, 15) is 4.39 Å². The van der Waals surface area contributed by atoms with E-state index in [0.29, 0.717) is 39.2 Å². The summed E-state index contributed by atoms with van der Waals surface area (Å²) in [7, 11) is 0. The van der Waals surface area contributed by atoms with E-state index in [-0.39, 0.29) is 11.2 Å². The number of ether oxygens (including phenoxy) is 1. The van der Waals surface area contributed by atoms with Crippen LogP contribution < -0.4 is 10.1 Å². The maximum absolute atomic E-state index is 14.2. The van der Waals surface area contributed by atoms with E-state index >= 15 is 0 Å². The lowest BCUT2D eigenvalue weighted by atomic mass is 9.63. The lowest BCUT2D eigenvalue weighted by molar-refractivity contribution is 0.0900. The molecule has 180 valence electrons. The number of imidazole rings is 1. The van der Waals surface area contributed by atoms with Gasteiger partial charge in [0.15, 0.2) is 5.76 Å². The van der Waals surface area contributed by atoms with Crippen LogP contribution in [0.3, 0.4) is 0 Å². The Balaban J connectivity index is 1.31. The summed E-state index contributed by atoms with van der Waals surface area (Å²) in [4.78, 5) is 5.93. The van der Waals surface area contributed by atoms with Gasteiger partial charge in [0.2, 0.25) is 4.96 Å². The molecule has 0 amide bonds. The third kappa shape index (κ3) is 4.32. The van der Waals surface area contributed by atoms with Gasteiger partial charge in [0, 0.05) is 21.1 Å². The number of benzene rings is 1. The highest BCUT2D eigenvalue weighted by atomic mass is 32.2. The fourth-order valence-corrected chi connectivity index (χ4v) is 6.19. The maximum atomic E-state index is 14.2. The highest BCUT2D eigenvalue weighted by Gasteiger charge is 2.46. The molecule has 1 aliphatic heterocycles. The van der Waals surface area contributed by atoms with Crippen molar-refractivity contribution in [2.75, 3.05) is 26.0 Å². The molecule has 3 aromatic heterocycles. The fourth-order valence-electron chi connectivity index (χ4n) is 4.98. The van der Waals surface area contributed by atoms with Gasteiger partial charge >= 0.3 is 0 Å². The average molecular weight is 503 g/mol. The first-order valence-corrected chi connectivity index (χ1v) is 13.4. The van der Waals surface area contributed by atoms with Gasteiger partial charge in [-0.15, -0.1) is 22.0 Å². The first-order chi connectivity index (χ1) is 16.5. The third-order valence-corrected chi connectivity index (χ3v) is 8.33. The Morgan fingerprint density at radius 1 is 1.41 bits per heavy atom. The molecule has 34 heavy (non-hydrogen) atoms. The fraction of sp³-hybridized carbons (Fsp3) is 0.478. The lowest BCUT2D eigenvalue weighted by Gasteiger charge is -2.44. The maximum Gasteiger partial charge on any atom is 0.294 e. The van der Waals surface area contributed by atoms with Gasteiger partial charge in [-0.3, -0.25) is 0 Å². The van der Waals surface area contributed by atoms with Gasteiger partial charge in [-0.25, -0.2) is 13.9 Å². The number of nitrogens with one attached hydrogen (secondary N) is 1. The highest BCUT2D eigenvalue weighted by molar-refractivity contribution is 7.98. The highest BCUT2D eigenvalue weighted by Crippen LogP contribution is 2.44. The molecule has 1 N–H and O–H groups in total. The van der Waals surface area contributed by atoms with Crippen molar-refractivity contribution in [1.82, 2.24) is 30.3 Å². The number of piperidine rings is 1. The van der Waals surface area contributed by atoms with E-state index in [1.165, 1.54) is 29.2 Å². The second kappa shape index (κ2) is 9.63. The van der Waals surface area contributed by atoms with E-state index in [2.05, 4.69) is 39.6 Å². The number of halogens is 1. The van der Waals surface area contributed by atoms with Gasteiger partial charge < -0.3 is 14.6 Å². The van der Waals surface area contributed by atoms with Crippen LogP contribution >= 0.6 is 23.1 Å². The van der Waals surface area contributed by atoms with Crippen molar-refractivity contribution in [2.45, 2.75) is 37.0 Å². The van der Waals surface area contributed by atoms with E-state index in [1.54, 1.807) is 23.0 Å². The summed E-state index contributed by atoms with van der Waals surface area (Å²) in [6, 6.07) is 5.16. The molecule has 11 heteroatoms. The summed E-state index contributed by atoms with van der Waals surface area (Å²) < 4.78 is 27.5. The largest absolute Gasteiger partial charge is 0.469 e. The molecule has 8 nitrogen and oxygen atoms in total. The number of rotatable bonds is 8. The van der Waals surface area contributed by atoms with Crippen molar-refractivity contribution >= 4 is 28.1 Å². The second-order valence-corrected chi connectivity index (χ2v) is 10.7. The van der Waals surface area contributed by atoms with Gasteiger partial charge in [0.25, 0.3) is 5.19 Å². The Bertz CT molecular complexity index is 1230. The number of nitrogens with zero attached hydrogens (tertiary/aromatic N) is 5. The van der Waals surface area contributed by atoms with Gasteiger partial charge in [-0.2, -0.15) is 0 Å². The number of hydrogen-bond donors (Lipinski definition) is 1. The quantitative estimate of drug-likeness (QED) is 0.348. The second-order valence-electron chi connectivity index (χ2n) is 8.91. The predicted octanol–water partition coefficient (Wildman–Crippen LogP) is 4.67. The normalized spacial score (nSPS) is 20.9. The molecule has 0 aliphatic carbocycles. The van der Waals surface area contributed by atoms with Crippen LogP contribution in [0.2, 0.25) is 0 Å². The predicted molar refractivity (Wildman–Crippen MR) is 130 cm³/mol. The molecule has 0 spiro atoms.